The summed E-state index contributed by atoms with van der Waals surface area (Å²) >= 11 is 0. The van der Waals surface area contributed by atoms with Gasteiger partial charge in [0.25, 0.3) is 5.82 Å². The quantitative estimate of drug-likeness (QED) is 0.897. The number of rotatable bonds is 2. The number of nitrogens with zero attached hydrogens (tertiary/aromatic N) is 2. The third kappa shape index (κ3) is 2.87. The minimum absolute atomic E-state index is 0.121. The second-order valence-electron chi connectivity index (χ2n) is 8.85. The van der Waals surface area contributed by atoms with Crippen LogP contribution in [0.4, 0.5) is 10.6 Å². The number of piperazine rings is 1. The Hall–Kier alpha value is -1.78. The van der Waals surface area contributed by atoms with Crippen LogP contribution in [0.25, 0.3) is 0 Å². The Balaban J connectivity index is 1.20. The van der Waals surface area contributed by atoms with Crippen molar-refractivity contribution in [1.29, 1.82) is 0 Å². The van der Waals surface area contributed by atoms with Crippen molar-refractivity contribution in [2.24, 2.45) is 17.8 Å². The number of carbonyl (C=O) groups is 1. The van der Waals surface area contributed by atoms with Crippen LogP contribution >= 0.6 is 0 Å². The van der Waals surface area contributed by atoms with E-state index in [1.165, 1.54) is 38.5 Å². The summed E-state index contributed by atoms with van der Waals surface area (Å²) in [6, 6.07) is 6.33. The Bertz CT molecular complexity index is 603. The standard InChI is InChI=1S/C20H28N4O/c25-19(22-20-12-15-9-16(13-20)11-17(10-15)14-20)24-7-5-23(6-8-24)18-3-1-2-4-21-18/h1-4,15-17H,5-14H2,(H,22,25)/p+1. The van der Waals surface area contributed by atoms with Crippen LogP contribution in [-0.4, -0.2) is 42.6 Å². The van der Waals surface area contributed by atoms with Crippen molar-refractivity contribution in [2.75, 3.05) is 31.1 Å². The second-order valence-corrected chi connectivity index (χ2v) is 8.85. The van der Waals surface area contributed by atoms with Crippen LogP contribution in [0.2, 0.25) is 0 Å². The van der Waals surface area contributed by atoms with E-state index >= 15 is 0 Å². The molecule has 5 nitrogen and oxygen atoms in total. The summed E-state index contributed by atoms with van der Waals surface area (Å²) in [5.41, 5.74) is 0.121. The van der Waals surface area contributed by atoms with E-state index in [0.29, 0.717) is 0 Å². The molecule has 5 aliphatic rings. The molecule has 1 aliphatic heterocycles. The molecule has 134 valence electrons. The van der Waals surface area contributed by atoms with Crippen molar-refractivity contribution in [3.05, 3.63) is 24.4 Å². The van der Waals surface area contributed by atoms with Crippen LogP contribution in [0.3, 0.4) is 0 Å². The first kappa shape index (κ1) is 15.5. The number of hydrogen-bond acceptors (Lipinski definition) is 2. The van der Waals surface area contributed by atoms with Gasteiger partial charge in [-0.25, -0.2) is 9.78 Å². The van der Waals surface area contributed by atoms with E-state index in [4.69, 9.17) is 0 Å². The maximum Gasteiger partial charge on any atom is 0.318 e. The van der Waals surface area contributed by atoms with Crippen LogP contribution < -0.4 is 15.2 Å². The summed E-state index contributed by atoms with van der Waals surface area (Å²) < 4.78 is 0. The molecule has 4 saturated carbocycles. The monoisotopic (exact) mass is 341 g/mol. The first-order chi connectivity index (χ1) is 12.2. The highest BCUT2D eigenvalue weighted by Gasteiger charge is 2.51. The van der Waals surface area contributed by atoms with Gasteiger partial charge in [-0.15, -0.1) is 0 Å². The minimum atomic E-state index is 0.121. The minimum Gasteiger partial charge on any atom is -0.333 e. The molecular formula is C20H29N4O+. The third-order valence-corrected chi connectivity index (χ3v) is 7.01. The Labute approximate surface area is 149 Å². The number of hydrogen-bond donors (Lipinski definition) is 1. The van der Waals surface area contributed by atoms with Gasteiger partial charge >= 0.3 is 6.03 Å². The van der Waals surface area contributed by atoms with Gasteiger partial charge in [-0.3, -0.25) is 4.90 Å². The number of carbonyl (C=O) groups excluding carboxylic acids is 1. The van der Waals surface area contributed by atoms with Gasteiger partial charge in [0.2, 0.25) is 0 Å². The molecule has 4 aliphatic carbocycles. The lowest BCUT2D eigenvalue weighted by Gasteiger charge is -2.57. The number of nitrogens with one attached hydrogen (secondary N) is 2. The molecule has 1 saturated heterocycles. The fourth-order valence-corrected chi connectivity index (χ4v) is 6.30. The number of aromatic amines is 1. The zero-order chi connectivity index (χ0) is 16.9. The molecule has 2 heterocycles. The normalized spacial score (nSPS) is 36.6. The maximum absolute atomic E-state index is 12.9. The van der Waals surface area contributed by atoms with Gasteiger partial charge in [-0.1, -0.05) is 6.07 Å². The summed E-state index contributed by atoms with van der Waals surface area (Å²) in [4.78, 5) is 20.6. The van der Waals surface area contributed by atoms with Crippen molar-refractivity contribution < 1.29 is 9.78 Å². The Morgan fingerprint density at radius 3 is 2.20 bits per heavy atom. The van der Waals surface area contributed by atoms with E-state index in [0.717, 1.165) is 49.8 Å². The van der Waals surface area contributed by atoms with E-state index in [1.54, 1.807) is 0 Å². The number of H-pyrrole nitrogens is 1. The highest BCUT2D eigenvalue weighted by molar-refractivity contribution is 5.75. The lowest BCUT2D eigenvalue weighted by Crippen LogP contribution is -2.63. The summed E-state index contributed by atoms with van der Waals surface area (Å²) in [6.07, 6.45) is 9.89. The highest BCUT2D eigenvalue weighted by Crippen LogP contribution is 2.55. The number of aromatic nitrogens is 1. The predicted octanol–water partition coefficient (Wildman–Crippen LogP) is 2.30. The van der Waals surface area contributed by atoms with Crippen molar-refractivity contribution in [2.45, 2.75) is 44.1 Å². The highest BCUT2D eigenvalue weighted by atomic mass is 16.2. The number of amides is 2. The van der Waals surface area contributed by atoms with E-state index in [2.05, 4.69) is 27.3 Å². The van der Waals surface area contributed by atoms with Crippen LogP contribution in [0.15, 0.2) is 24.4 Å². The largest absolute Gasteiger partial charge is 0.333 e. The molecule has 1 aromatic rings. The van der Waals surface area contributed by atoms with Gasteiger partial charge in [0.05, 0.1) is 19.3 Å². The van der Waals surface area contributed by atoms with Crippen molar-refractivity contribution in [1.82, 2.24) is 10.2 Å². The molecule has 0 atom stereocenters. The lowest BCUT2D eigenvalue weighted by molar-refractivity contribution is -0.364. The SMILES string of the molecule is O=C(NC12CC3CC(CC(C3)C1)C2)N1CCN(c2cccc[nH+]2)CC1. The van der Waals surface area contributed by atoms with E-state index in [-0.39, 0.29) is 11.6 Å². The fourth-order valence-electron chi connectivity index (χ4n) is 6.30. The average Bonchev–Trinajstić information content (AvgIpc) is 2.61. The molecule has 6 rings (SSSR count). The van der Waals surface area contributed by atoms with Crippen molar-refractivity contribution >= 4 is 11.8 Å². The molecule has 0 spiro atoms. The van der Waals surface area contributed by atoms with E-state index < -0.39 is 0 Å². The van der Waals surface area contributed by atoms with Crippen molar-refractivity contribution in [3.63, 3.8) is 0 Å². The number of pyridine rings is 1. The van der Waals surface area contributed by atoms with Gasteiger partial charge in [0.1, 0.15) is 13.1 Å². The smallest absolute Gasteiger partial charge is 0.318 e. The van der Waals surface area contributed by atoms with E-state index in [1.807, 2.05) is 17.2 Å². The molecule has 2 amide bonds. The molecule has 5 fully saturated rings. The number of anilines is 1. The molecule has 0 radical (unpaired) electrons. The Kier molecular flexibility index (Phi) is 3.64. The van der Waals surface area contributed by atoms with Gasteiger partial charge in [-0.05, 0) is 62.3 Å². The summed E-state index contributed by atoms with van der Waals surface area (Å²) in [5.74, 6) is 3.76. The molecular weight excluding hydrogens is 312 g/mol. The Morgan fingerprint density at radius 2 is 1.64 bits per heavy atom. The zero-order valence-electron chi connectivity index (χ0n) is 14.9. The first-order valence-corrected chi connectivity index (χ1v) is 9.98. The van der Waals surface area contributed by atoms with Crippen LogP contribution in [-0.2, 0) is 0 Å². The summed E-state index contributed by atoms with van der Waals surface area (Å²) in [6.45, 7) is 3.41. The van der Waals surface area contributed by atoms with Gasteiger partial charge in [0, 0.05) is 11.6 Å². The molecule has 0 aromatic carbocycles. The fraction of sp³-hybridized carbons (Fsp3) is 0.700. The predicted molar refractivity (Wildman–Crippen MR) is 96.2 cm³/mol. The van der Waals surface area contributed by atoms with Crippen LogP contribution in [0, 0.1) is 17.8 Å². The van der Waals surface area contributed by atoms with E-state index in [9.17, 15) is 4.79 Å². The topological polar surface area (TPSA) is 49.7 Å². The second kappa shape index (κ2) is 5.89. The lowest BCUT2D eigenvalue weighted by atomic mass is 9.53. The summed E-state index contributed by atoms with van der Waals surface area (Å²) in [5, 5.41) is 3.51. The zero-order valence-corrected chi connectivity index (χ0v) is 14.9. The van der Waals surface area contributed by atoms with Gasteiger partial charge in [0.15, 0.2) is 0 Å². The summed E-state index contributed by atoms with van der Waals surface area (Å²) in [7, 11) is 0. The average molecular weight is 341 g/mol. The number of urea groups is 1. The van der Waals surface area contributed by atoms with Crippen LogP contribution in [0.5, 0.6) is 0 Å². The Morgan fingerprint density at radius 1 is 1.00 bits per heavy atom. The molecule has 25 heavy (non-hydrogen) atoms. The van der Waals surface area contributed by atoms with Crippen molar-refractivity contribution in [3.8, 4) is 0 Å². The molecule has 2 N–H and O–H groups in total. The molecule has 5 heteroatoms. The maximum atomic E-state index is 12.9. The molecule has 4 bridgehead atoms. The first-order valence-electron chi connectivity index (χ1n) is 9.98. The van der Waals surface area contributed by atoms with Gasteiger partial charge < -0.3 is 10.2 Å². The van der Waals surface area contributed by atoms with Crippen LogP contribution in [0.1, 0.15) is 38.5 Å². The van der Waals surface area contributed by atoms with Gasteiger partial charge in [-0.2, -0.15) is 0 Å². The molecule has 1 aromatic heterocycles. The third-order valence-electron chi connectivity index (χ3n) is 7.01. The molecule has 0 unspecified atom stereocenters.